The van der Waals surface area contributed by atoms with E-state index in [9.17, 15) is 0 Å². The molecular weight excluding hydrogens is 208 g/mol. The molecule has 0 unspecified atom stereocenters. The summed E-state index contributed by atoms with van der Waals surface area (Å²) < 4.78 is 5.65. The van der Waals surface area contributed by atoms with Crippen molar-refractivity contribution in [1.29, 1.82) is 0 Å². The van der Waals surface area contributed by atoms with E-state index in [-0.39, 0.29) is 0 Å². The van der Waals surface area contributed by atoms with E-state index in [0.29, 0.717) is 0 Å². The zero-order chi connectivity index (χ0) is 12.9. The topological polar surface area (TPSA) is 9.23 Å². The van der Waals surface area contributed by atoms with E-state index < -0.39 is 0 Å². The monoisotopic (exact) mass is 242 g/mol. The summed E-state index contributed by atoms with van der Waals surface area (Å²) in [7, 11) is 0. The van der Waals surface area contributed by atoms with Crippen molar-refractivity contribution in [2.24, 2.45) is 11.8 Å². The number of unbranched alkanes of at least 4 members (excludes halogenated alkanes) is 4. The van der Waals surface area contributed by atoms with Crippen LogP contribution in [0.3, 0.4) is 0 Å². The van der Waals surface area contributed by atoms with Crippen LogP contribution in [0.5, 0.6) is 0 Å². The van der Waals surface area contributed by atoms with E-state index in [4.69, 9.17) is 4.74 Å². The van der Waals surface area contributed by atoms with Crippen LogP contribution < -0.4 is 0 Å². The van der Waals surface area contributed by atoms with Gasteiger partial charge in [0, 0.05) is 13.2 Å². The predicted molar refractivity (Wildman–Crippen MR) is 77.4 cm³/mol. The molecule has 104 valence electrons. The minimum atomic E-state index is 0.858. The summed E-state index contributed by atoms with van der Waals surface area (Å²) in [6.07, 6.45) is 10.7. The minimum Gasteiger partial charge on any atom is -0.381 e. The average Bonchev–Trinajstić information content (AvgIpc) is 2.25. The molecule has 0 spiro atoms. The van der Waals surface area contributed by atoms with Gasteiger partial charge in [-0.05, 0) is 24.7 Å². The molecule has 0 amide bonds. The predicted octanol–water partition coefficient (Wildman–Crippen LogP) is 5.44. The van der Waals surface area contributed by atoms with Gasteiger partial charge in [-0.1, -0.05) is 66.2 Å². The molecule has 1 nitrogen and oxygen atoms in total. The van der Waals surface area contributed by atoms with Crippen LogP contribution in [0.15, 0.2) is 0 Å². The van der Waals surface area contributed by atoms with Crippen LogP contribution in [-0.4, -0.2) is 13.2 Å². The van der Waals surface area contributed by atoms with Gasteiger partial charge in [0.05, 0.1) is 0 Å². The molecule has 0 fully saturated rings. The fourth-order valence-corrected chi connectivity index (χ4v) is 1.97. The van der Waals surface area contributed by atoms with Gasteiger partial charge in [-0.3, -0.25) is 0 Å². The minimum absolute atomic E-state index is 0.858. The van der Waals surface area contributed by atoms with Crippen LogP contribution in [-0.2, 0) is 4.74 Å². The Balaban J connectivity index is 2.94. The van der Waals surface area contributed by atoms with Gasteiger partial charge in [0.25, 0.3) is 0 Å². The Morgan fingerprint density at radius 3 is 1.35 bits per heavy atom. The zero-order valence-electron chi connectivity index (χ0n) is 12.6. The summed E-state index contributed by atoms with van der Waals surface area (Å²) in [5.74, 6) is 1.72. The molecule has 0 aromatic carbocycles. The van der Waals surface area contributed by atoms with Crippen LogP contribution >= 0.6 is 0 Å². The highest BCUT2D eigenvalue weighted by molar-refractivity contribution is 4.48. The second-order valence-electron chi connectivity index (χ2n) is 6.10. The van der Waals surface area contributed by atoms with E-state index in [2.05, 4.69) is 27.7 Å². The molecule has 0 aliphatic heterocycles. The SMILES string of the molecule is CC(C)CCCCCOCCCCCC(C)C. The first kappa shape index (κ1) is 17.0. The van der Waals surface area contributed by atoms with Crippen LogP contribution in [0.2, 0.25) is 0 Å². The highest BCUT2D eigenvalue weighted by atomic mass is 16.5. The second kappa shape index (κ2) is 12.4. The standard InChI is InChI=1S/C16H34O/c1-15(2)11-7-5-9-13-17-14-10-6-8-12-16(3)4/h15-16H,5-14H2,1-4H3. The molecule has 0 aromatic rings. The summed E-state index contributed by atoms with van der Waals surface area (Å²) in [5, 5.41) is 0. The third-order valence-electron chi connectivity index (χ3n) is 3.14. The Labute approximate surface area is 109 Å². The molecule has 0 heterocycles. The Morgan fingerprint density at radius 1 is 0.588 bits per heavy atom. The molecule has 17 heavy (non-hydrogen) atoms. The molecule has 0 aromatic heterocycles. The fourth-order valence-electron chi connectivity index (χ4n) is 1.97. The van der Waals surface area contributed by atoms with Crippen molar-refractivity contribution in [2.75, 3.05) is 13.2 Å². The van der Waals surface area contributed by atoms with E-state index in [0.717, 1.165) is 25.0 Å². The number of hydrogen-bond acceptors (Lipinski definition) is 1. The Hall–Kier alpha value is -0.0400. The van der Waals surface area contributed by atoms with Gasteiger partial charge in [-0.25, -0.2) is 0 Å². The molecule has 0 aliphatic carbocycles. The third kappa shape index (κ3) is 16.0. The number of ether oxygens (including phenoxy) is 1. The van der Waals surface area contributed by atoms with Crippen molar-refractivity contribution in [3.05, 3.63) is 0 Å². The van der Waals surface area contributed by atoms with Gasteiger partial charge in [0.15, 0.2) is 0 Å². The first-order valence-corrected chi connectivity index (χ1v) is 7.70. The molecule has 0 saturated carbocycles. The first-order valence-electron chi connectivity index (χ1n) is 7.70. The molecule has 0 rings (SSSR count). The van der Waals surface area contributed by atoms with Crippen molar-refractivity contribution in [1.82, 2.24) is 0 Å². The molecule has 0 atom stereocenters. The van der Waals surface area contributed by atoms with Gasteiger partial charge in [-0.2, -0.15) is 0 Å². The van der Waals surface area contributed by atoms with Crippen LogP contribution in [0.1, 0.15) is 79.1 Å². The number of hydrogen-bond donors (Lipinski definition) is 0. The lowest BCUT2D eigenvalue weighted by molar-refractivity contribution is 0.125. The Kier molecular flexibility index (Phi) is 12.4. The van der Waals surface area contributed by atoms with Crippen molar-refractivity contribution < 1.29 is 4.74 Å². The summed E-state index contributed by atoms with van der Waals surface area (Å²) >= 11 is 0. The first-order chi connectivity index (χ1) is 8.13. The van der Waals surface area contributed by atoms with E-state index in [1.165, 1.54) is 51.4 Å². The van der Waals surface area contributed by atoms with Gasteiger partial charge >= 0.3 is 0 Å². The molecule has 0 saturated heterocycles. The molecule has 0 radical (unpaired) electrons. The lowest BCUT2D eigenvalue weighted by atomic mass is 10.1. The van der Waals surface area contributed by atoms with E-state index in [1.807, 2.05) is 0 Å². The van der Waals surface area contributed by atoms with E-state index >= 15 is 0 Å². The average molecular weight is 242 g/mol. The summed E-state index contributed by atoms with van der Waals surface area (Å²) in [6.45, 7) is 11.1. The summed E-state index contributed by atoms with van der Waals surface area (Å²) in [6, 6.07) is 0. The highest BCUT2D eigenvalue weighted by Gasteiger charge is 1.96. The van der Waals surface area contributed by atoms with Gasteiger partial charge in [0.1, 0.15) is 0 Å². The molecule has 0 aliphatic rings. The maximum Gasteiger partial charge on any atom is 0.0466 e. The van der Waals surface area contributed by atoms with E-state index in [1.54, 1.807) is 0 Å². The zero-order valence-corrected chi connectivity index (χ0v) is 12.6. The Morgan fingerprint density at radius 2 is 1.00 bits per heavy atom. The normalized spacial score (nSPS) is 11.6. The molecule has 1 heteroatoms. The van der Waals surface area contributed by atoms with Crippen molar-refractivity contribution in [2.45, 2.75) is 79.1 Å². The fraction of sp³-hybridized carbons (Fsp3) is 1.00. The largest absolute Gasteiger partial charge is 0.381 e. The van der Waals surface area contributed by atoms with Crippen LogP contribution in [0.4, 0.5) is 0 Å². The lowest BCUT2D eigenvalue weighted by Crippen LogP contribution is -1.98. The highest BCUT2D eigenvalue weighted by Crippen LogP contribution is 2.09. The van der Waals surface area contributed by atoms with Crippen LogP contribution in [0.25, 0.3) is 0 Å². The van der Waals surface area contributed by atoms with Gasteiger partial charge < -0.3 is 4.74 Å². The maximum absolute atomic E-state index is 5.65. The van der Waals surface area contributed by atoms with Gasteiger partial charge in [-0.15, -0.1) is 0 Å². The van der Waals surface area contributed by atoms with Crippen molar-refractivity contribution in [3.63, 3.8) is 0 Å². The molecule has 0 bridgehead atoms. The van der Waals surface area contributed by atoms with Crippen LogP contribution in [0, 0.1) is 11.8 Å². The van der Waals surface area contributed by atoms with Crippen molar-refractivity contribution >= 4 is 0 Å². The maximum atomic E-state index is 5.65. The third-order valence-corrected chi connectivity index (χ3v) is 3.14. The Bertz CT molecular complexity index is 124. The smallest absolute Gasteiger partial charge is 0.0466 e. The lowest BCUT2D eigenvalue weighted by Gasteiger charge is -2.06. The van der Waals surface area contributed by atoms with Gasteiger partial charge in [0.2, 0.25) is 0 Å². The summed E-state index contributed by atoms with van der Waals surface area (Å²) in [5.41, 5.74) is 0. The summed E-state index contributed by atoms with van der Waals surface area (Å²) in [4.78, 5) is 0. The molecule has 0 N–H and O–H groups in total. The number of rotatable bonds is 12. The second-order valence-corrected chi connectivity index (χ2v) is 6.10. The molecular formula is C16H34O. The quantitative estimate of drug-likeness (QED) is 0.414. The van der Waals surface area contributed by atoms with Crippen molar-refractivity contribution in [3.8, 4) is 0 Å².